The molecule has 0 aliphatic carbocycles. The summed E-state index contributed by atoms with van der Waals surface area (Å²) in [5.41, 5.74) is 2.27. The van der Waals surface area contributed by atoms with E-state index >= 15 is 0 Å². The first kappa shape index (κ1) is 18.1. The predicted molar refractivity (Wildman–Crippen MR) is 81.7 cm³/mol. The molecule has 0 radical (unpaired) electrons. The van der Waals surface area contributed by atoms with Gasteiger partial charge in [-0.3, -0.25) is 0 Å². The second-order valence-electron chi connectivity index (χ2n) is 2.76. The maximum atomic E-state index is 5.05. The summed E-state index contributed by atoms with van der Waals surface area (Å²) in [7, 11) is 25.0. The normalized spacial score (nSPS) is 14.7. The number of hydrogen-bond donors (Lipinski definition) is 0. The van der Waals surface area contributed by atoms with Gasteiger partial charge in [-0.2, -0.15) is 0 Å². The topological polar surface area (TPSA) is 0 Å². The molecule has 102 valence electrons. The molecule has 0 aliphatic heterocycles. The Balaban J connectivity index is 0.000000325. The quantitative estimate of drug-likeness (QED) is 0.377. The molecule has 1 aromatic rings. The van der Waals surface area contributed by atoms with E-state index in [9.17, 15) is 0 Å². The van der Waals surface area contributed by atoms with Gasteiger partial charge in [-0.1, -0.05) is 43.5 Å². The predicted octanol–water partition coefficient (Wildman–Crippen LogP) is 7.11. The van der Waals surface area contributed by atoms with Crippen molar-refractivity contribution in [3.8, 4) is 0 Å². The second kappa shape index (κ2) is 5.63. The average molecular weight is 538 g/mol. The van der Waals surface area contributed by atoms with Crippen LogP contribution in [0.25, 0.3) is 12.2 Å². The zero-order chi connectivity index (χ0) is 13.8. The molecule has 7 heteroatoms. The molecule has 0 atom stereocenters. The van der Waals surface area contributed by atoms with Crippen molar-refractivity contribution in [2.24, 2.45) is 0 Å². The molecule has 0 spiro atoms. The first-order valence-corrected chi connectivity index (χ1v) is 20.8. The average Bonchev–Trinajstić information content (AvgIpc) is 2.13. The van der Waals surface area contributed by atoms with Crippen molar-refractivity contribution in [3.05, 3.63) is 48.6 Å². The van der Waals surface area contributed by atoms with E-state index in [1.54, 1.807) is 0 Å². The van der Waals surface area contributed by atoms with E-state index in [2.05, 4.69) is 13.2 Å². The van der Waals surface area contributed by atoms with Gasteiger partial charge in [-0.05, 0) is 17.2 Å². The maximum absolute atomic E-state index is 5.29. The van der Waals surface area contributed by atoms with Crippen LogP contribution in [0.4, 0.5) is 0 Å². The molecule has 0 saturated heterocycles. The Kier molecular flexibility index (Phi) is 6.01. The molecule has 0 fully saturated rings. The van der Waals surface area contributed by atoms with Crippen LogP contribution >= 0.6 is 56.5 Å². The molecule has 0 unspecified atom stereocenters. The Morgan fingerprint density at radius 1 is 0.824 bits per heavy atom. The van der Waals surface area contributed by atoms with E-state index in [1.807, 2.05) is 36.4 Å². The molecule has 0 bridgehead atoms. The fraction of sp³-hybridized carbons (Fsp3) is 0. The third kappa shape index (κ3) is 17.1. The van der Waals surface area contributed by atoms with Gasteiger partial charge in [0.05, 0.1) is 0 Å². The van der Waals surface area contributed by atoms with Crippen molar-refractivity contribution in [1.29, 1.82) is 0 Å². The van der Waals surface area contributed by atoms with Crippen LogP contribution in [-0.4, -0.2) is 0 Å². The van der Waals surface area contributed by atoms with Crippen molar-refractivity contribution in [2.45, 2.75) is 0 Å². The summed E-state index contributed by atoms with van der Waals surface area (Å²) in [6, 6.07) is 8.06. The Hall–Kier alpha value is 1.13. The van der Waals surface area contributed by atoms with Gasteiger partial charge in [0.25, 0.3) is 0 Å². The summed E-state index contributed by atoms with van der Waals surface area (Å²) >= 11 is 0. The van der Waals surface area contributed by atoms with Gasteiger partial charge >= 0.3 is 63.8 Å². The summed E-state index contributed by atoms with van der Waals surface area (Å²) in [6.45, 7) is 7.34. The van der Waals surface area contributed by atoms with Crippen LogP contribution < -0.4 is 0 Å². The molecule has 0 amide bonds. The van der Waals surface area contributed by atoms with E-state index in [1.165, 1.54) is 0 Å². The Bertz CT molecular complexity index is 382. The first-order chi connectivity index (χ1) is 7.31. The Morgan fingerprint density at radius 2 is 1.12 bits per heavy atom. The Morgan fingerprint density at radius 3 is 1.35 bits per heavy atom. The van der Waals surface area contributed by atoms with Crippen LogP contribution in [0.2, 0.25) is 0 Å². The van der Waals surface area contributed by atoms with Crippen molar-refractivity contribution < 1.29 is 7.31 Å². The SMILES string of the molecule is C=Cc1cccc(C=C)c1.[Cl][Pt]([Cl])([Cl])([Cl])([Cl])[Cl]. The molecule has 0 aromatic heterocycles. The molecule has 0 aliphatic rings. The van der Waals surface area contributed by atoms with Crippen LogP contribution in [0.5, 0.6) is 0 Å². The van der Waals surface area contributed by atoms with Gasteiger partial charge in [0.2, 0.25) is 0 Å². The summed E-state index contributed by atoms with van der Waals surface area (Å²) in [5.74, 6) is 0. The molecule has 0 heterocycles. The second-order valence-corrected chi connectivity index (χ2v) is 52.0. The fourth-order valence-corrected chi connectivity index (χ4v) is 0.813. The van der Waals surface area contributed by atoms with Crippen LogP contribution in [0.15, 0.2) is 37.4 Å². The molecule has 0 saturated carbocycles. The van der Waals surface area contributed by atoms with Gasteiger partial charge in [-0.25, -0.2) is 0 Å². The van der Waals surface area contributed by atoms with Crippen LogP contribution in [0.3, 0.4) is 0 Å². The van der Waals surface area contributed by atoms with E-state index in [-0.39, 0.29) is 0 Å². The molecule has 17 heavy (non-hydrogen) atoms. The molecular formula is C10H10Cl6Pt. The zero-order valence-corrected chi connectivity index (χ0v) is 15.3. The van der Waals surface area contributed by atoms with Crippen molar-refractivity contribution in [1.82, 2.24) is 0 Å². The van der Waals surface area contributed by atoms with Gasteiger partial charge in [0.15, 0.2) is 0 Å². The van der Waals surface area contributed by atoms with Crippen LogP contribution in [0, 0.1) is 0 Å². The first-order valence-electron chi connectivity index (χ1n) is 3.93. The fourth-order valence-electron chi connectivity index (χ4n) is 0.813. The van der Waals surface area contributed by atoms with Crippen LogP contribution in [-0.2, 0) is 7.31 Å². The Labute approximate surface area is 123 Å². The summed E-state index contributed by atoms with van der Waals surface area (Å²) in [6.07, 6.45) is 3.65. The monoisotopic (exact) mass is 535 g/mol. The van der Waals surface area contributed by atoms with Gasteiger partial charge < -0.3 is 0 Å². The third-order valence-electron chi connectivity index (χ3n) is 1.38. The van der Waals surface area contributed by atoms with E-state index < -0.39 is 7.31 Å². The van der Waals surface area contributed by atoms with Crippen molar-refractivity contribution in [2.75, 3.05) is 0 Å². The molecule has 1 rings (SSSR count). The summed E-state index contributed by atoms with van der Waals surface area (Å²) < 4.78 is 0. The van der Waals surface area contributed by atoms with Gasteiger partial charge in [0, 0.05) is 0 Å². The van der Waals surface area contributed by atoms with Gasteiger partial charge in [0.1, 0.15) is 0 Å². The van der Waals surface area contributed by atoms with E-state index in [0.29, 0.717) is 0 Å². The standard InChI is InChI=1S/C10H10.6ClH.Pt/c1-3-9-6-5-7-10(4-2)8-9;;;;;;;/h3-8H,1-2H2;6*1H;/q;;;;;;;+6/p-6. The third-order valence-corrected chi connectivity index (χ3v) is 1.38. The minimum absolute atomic E-state index is 1.14. The van der Waals surface area contributed by atoms with Crippen LogP contribution in [0.1, 0.15) is 11.1 Å². The number of rotatable bonds is 2. The number of benzene rings is 1. The van der Waals surface area contributed by atoms with Crippen molar-refractivity contribution >= 4 is 68.7 Å². The van der Waals surface area contributed by atoms with Gasteiger partial charge in [-0.15, -0.1) is 0 Å². The zero-order valence-electron chi connectivity index (χ0n) is 8.46. The summed E-state index contributed by atoms with van der Waals surface area (Å²) in [5, 5.41) is 0. The molecule has 0 N–H and O–H groups in total. The minimum atomic E-state index is -5.29. The summed E-state index contributed by atoms with van der Waals surface area (Å²) in [4.78, 5) is 0. The molecule has 0 nitrogen and oxygen atoms in total. The number of halogens is 6. The molecular weight excluding hydrogens is 528 g/mol. The van der Waals surface area contributed by atoms with E-state index in [4.69, 9.17) is 56.5 Å². The van der Waals surface area contributed by atoms with Crippen molar-refractivity contribution in [3.63, 3.8) is 0 Å². The van der Waals surface area contributed by atoms with E-state index in [0.717, 1.165) is 11.1 Å². The molecule has 1 aromatic carbocycles. The number of hydrogen-bond acceptors (Lipinski definition) is 0.